The fraction of sp³-hybridized carbons (Fsp3) is 0.200. The van der Waals surface area contributed by atoms with Gasteiger partial charge in [0.1, 0.15) is 0 Å². The molecule has 6 heteroatoms. The van der Waals surface area contributed by atoms with Crippen molar-refractivity contribution in [2.24, 2.45) is 5.10 Å². The van der Waals surface area contributed by atoms with E-state index in [0.717, 1.165) is 40.9 Å². The first-order valence-corrected chi connectivity index (χ1v) is 9.48. The van der Waals surface area contributed by atoms with Crippen molar-refractivity contribution in [3.63, 3.8) is 0 Å². The van der Waals surface area contributed by atoms with Gasteiger partial charge in [-0.3, -0.25) is 10.4 Å². The number of pyridine rings is 1. The fourth-order valence-corrected chi connectivity index (χ4v) is 3.12. The van der Waals surface area contributed by atoms with Crippen LogP contribution in [0.3, 0.4) is 0 Å². The molecule has 1 N–H and O–H groups in total. The minimum Gasteiger partial charge on any atom is -0.369 e. The number of fused-ring (bicyclic) bond motifs is 1. The van der Waals surface area contributed by atoms with Crippen molar-refractivity contribution >= 4 is 51.7 Å². The number of hydrogen-bond acceptors (Lipinski definition) is 4. The molecule has 0 unspecified atom stereocenters. The van der Waals surface area contributed by atoms with E-state index in [1.54, 1.807) is 12.4 Å². The molecule has 2 aromatic carbocycles. The summed E-state index contributed by atoms with van der Waals surface area (Å²) in [4.78, 5) is 6.52. The van der Waals surface area contributed by atoms with Crippen LogP contribution in [0.2, 0.25) is 0 Å². The van der Waals surface area contributed by atoms with E-state index in [0.29, 0.717) is 11.8 Å². The van der Waals surface area contributed by atoms with Crippen molar-refractivity contribution in [3.8, 4) is 0 Å². The number of para-hydroxylation sites is 1. The topological polar surface area (TPSA) is 40.5 Å². The van der Waals surface area contributed by atoms with Gasteiger partial charge >= 0.3 is 0 Å². The summed E-state index contributed by atoms with van der Waals surface area (Å²) in [6.07, 6.45) is 3.57. The van der Waals surface area contributed by atoms with Crippen molar-refractivity contribution < 1.29 is 0 Å². The van der Waals surface area contributed by atoms with E-state index < -0.39 is 0 Å². The van der Waals surface area contributed by atoms with Gasteiger partial charge in [-0.15, -0.1) is 23.2 Å². The van der Waals surface area contributed by atoms with Crippen molar-refractivity contribution in [2.75, 3.05) is 35.2 Å². The second-order valence-corrected chi connectivity index (χ2v) is 6.46. The monoisotopic (exact) mass is 386 g/mol. The van der Waals surface area contributed by atoms with Gasteiger partial charge in [0.05, 0.1) is 17.4 Å². The Morgan fingerprint density at radius 2 is 1.69 bits per heavy atom. The van der Waals surface area contributed by atoms with Gasteiger partial charge in [0.15, 0.2) is 0 Å². The third-order valence-corrected chi connectivity index (χ3v) is 4.35. The first kappa shape index (κ1) is 18.5. The molecule has 0 saturated heterocycles. The first-order valence-electron chi connectivity index (χ1n) is 8.41. The maximum Gasteiger partial charge on any atom is 0.0723 e. The number of alkyl halides is 2. The van der Waals surface area contributed by atoms with Gasteiger partial charge in [0.25, 0.3) is 0 Å². The zero-order chi connectivity index (χ0) is 18.2. The Morgan fingerprint density at radius 3 is 2.42 bits per heavy atom. The lowest BCUT2D eigenvalue weighted by molar-refractivity contribution is 0.874. The third kappa shape index (κ3) is 4.65. The number of aromatic nitrogens is 1. The lowest BCUT2D eigenvalue weighted by atomic mass is 10.2. The summed E-state index contributed by atoms with van der Waals surface area (Å²) >= 11 is 11.7. The van der Waals surface area contributed by atoms with E-state index >= 15 is 0 Å². The summed E-state index contributed by atoms with van der Waals surface area (Å²) in [6, 6.07) is 18.1. The average Bonchev–Trinajstić information content (AvgIpc) is 2.69. The van der Waals surface area contributed by atoms with E-state index in [2.05, 4.69) is 32.5 Å². The average molecular weight is 387 g/mol. The molecule has 0 bridgehead atoms. The maximum absolute atomic E-state index is 5.86. The summed E-state index contributed by atoms with van der Waals surface area (Å²) in [6.45, 7) is 1.55. The van der Waals surface area contributed by atoms with E-state index in [-0.39, 0.29) is 0 Å². The smallest absolute Gasteiger partial charge is 0.0723 e. The van der Waals surface area contributed by atoms with Crippen LogP contribution in [0.4, 0.5) is 11.4 Å². The minimum atomic E-state index is 0.573. The molecule has 0 aliphatic heterocycles. The third-order valence-electron chi connectivity index (χ3n) is 4.01. The van der Waals surface area contributed by atoms with Crippen LogP contribution in [0, 0.1) is 0 Å². The van der Waals surface area contributed by atoms with Crippen LogP contribution in [0.1, 0.15) is 5.56 Å². The van der Waals surface area contributed by atoms with Crippen LogP contribution >= 0.6 is 23.2 Å². The van der Waals surface area contributed by atoms with Crippen molar-refractivity contribution in [1.82, 2.24) is 4.98 Å². The highest BCUT2D eigenvalue weighted by molar-refractivity contribution is 6.18. The lowest BCUT2D eigenvalue weighted by Crippen LogP contribution is -2.27. The summed E-state index contributed by atoms with van der Waals surface area (Å²) in [5.41, 5.74) is 7.09. The molecule has 1 aromatic heterocycles. The van der Waals surface area contributed by atoms with Crippen molar-refractivity contribution in [1.29, 1.82) is 0 Å². The van der Waals surface area contributed by atoms with Gasteiger partial charge < -0.3 is 4.90 Å². The van der Waals surface area contributed by atoms with Crippen LogP contribution < -0.4 is 10.3 Å². The Hall–Kier alpha value is -2.30. The number of nitrogens with zero attached hydrogens (tertiary/aromatic N) is 3. The Balaban J connectivity index is 1.68. The molecule has 0 fully saturated rings. The highest BCUT2D eigenvalue weighted by atomic mass is 35.5. The largest absolute Gasteiger partial charge is 0.369 e. The molecule has 0 aliphatic carbocycles. The highest BCUT2D eigenvalue weighted by Crippen LogP contribution is 2.21. The molecule has 3 rings (SSSR count). The maximum atomic E-state index is 5.86. The molecule has 0 spiro atoms. The van der Waals surface area contributed by atoms with Gasteiger partial charge in [0, 0.05) is 42.1 Å². The Morgan fingerprint density at radius 1 is 0.962 bits per heavy atom. The first-order chi connectivity index (χ1) is 12.8. The fourth-order valence-electron chi connectivity index (χ4n) is 2.71. The lowest BCUT2D eigenvalue weighted by Gasteiger charge is -2.22. The van der Waals surface area contributed by atoms with Crippen LogP contribution in [-0.4, -0.2) is 36.0 Å². The van der Waals surface area contributed by atoms with E-state index in [1.807, 2.05) is 42.5 Å². The number of hydrogen-bond donors (Lipinski definition) is 1. The molecule has 26 heavy (non-hydrogen) atoms. The molecule has 0 aliphatic rings. The number of benzene rings is 2. The summed E-state index contributed by atoms with van der Waals surface area (Å²) in [7, 11) is 0. The molecule has 0 saturated carbocycles. The standard InChI is InChI=1S/C20H20Cl2N4/c21-10-13-26(14-11-22)17-7-5-16(6-8-17)15-24-25-20-9-12-23-19-4-2-1-3-18(19)20/h1-9,12,15H,10-11,13-14H2,(H,23,25)/b24-15-. The molecule has 0 amide bonds. The summed E-state index contributed by atoms with van der Waals surface area (Å²) in [5.74, 6) is 1.15. The highest BCUT2D eigenvalue weighted by Gasteiger charge is 2.04. The van der Waals surface area contributed by atoms with Gasteiger partial charge in [-0.2, -0.15) is 5.10 Å². The normalized spacial score (nSPS) is 11.2. The molecular weight excluding hydrogens is 367 g/mol. The van der Waals surface area contributed by atoms with Gasteiger partial charge in [-0.05, 0) is 29.8 Å². The number of halogens is 2. The van der Waals surface area contributed by atoms with E-state index in [4.69, 9.17) is 23.2 Å². The number of rotatable bonds is 8. The number of nitrogens with one attached hydrogen (secondary N) is 1. The minimum absolute atomic E-state index is 0.573. The summed E-state index contributed by atoms with van der Waals surface area (Å²) < 4.78 is 0. The van der Waals surface area contributed by atoms with Crippen LogP contribution in [0.5, 0.6) is 0 Å². The molecule has 4 nitrogen and oxygen atoms in total. The number of anilines is 2. The second-order valence-electron chi connectivity index (χ2n) is 5.70. The van der Waals surface area contributed by atoms with Gasteiger partial charge in [-0.1, -0.05) is 30.3 Å². The van der Waals surface area contributed by atoms with Crippen LogP contribution in [0.25, 0.3) is 10.9 Å². The quantitative estimate of drug-likeness (QED) is 0.337. The molecule has 1 heterocycles. The van der Waals surface area contributed by atoms with E-state index in [9.17, 15) is 0 Å². The van der Waals surface area contributed by atoms with Gasteiger partial charge in [0.2, 0.25) is 0 Å². The molecular formula is C20H20Cl2N4. The second kappa shape index (κ2) is 9.41. The Bertz CT molecular complexity index is 854. The number of hydrazone groups is 1. The molecule has 0 atom stereocenters. The van der Waals surface area contributed by atoms with Crippen LogP contribution in [-0.2, 0) is 0 Å². The molecule has 3 aromatic rings. The Kier molecular flexibility index (Phi) is 6.69. The Labute approximate surface area is 163 Å². The predicted molar refractivity (Wildman–Crippen MR) is 113 cm³/mol. The summed E-state index contributed by atoms with van der Waals surface area (Å²) in [5, 5.41) is 5.39. The van der Waals surface area contributed by atoms with Gasteiger partial charge in [-0.25, -0.2) is 0 Å². The molecule has 134 valence electrons. The van der Waals surface area contributed by atoms with Crippen molar-refractivity contribution in [3.05, 3.63) is 66.4 Å². The predicted octanol–water partition coefficient (Wildman–Crippen LogP) is 4.96. The van der Waals surface area contributed by atoms with Crippen LogP contribution in [0.15, 0.2) is 65.9 Å². The van der Waals surface area contributed by atoms with Crippen molar-refractivity contribution in [2.45, 2.75) is 0 Å². The molecule has 0 radical (unpaired) electrons. The zero-order valence-corrected chi connectivity index (χ0v) is 15.8. The van der Waals surface area contributed by atoms with E-state index in [1.165, 1.54) is 0 Å². The zero-order valence-electron chi connectivity index (χ0n) is 14.3. The SMILES string of the molecule is ClCCN(CCCl)c1ccc(/C=N\Nc2ccnc3ccccc23)cc1.